The molecule has 0 aromatic carbocycles. The van der Waals surface area contributed by atoms with Crippen LogP contribution in [-0.4, -0.2) is 45.5 Å². The van der Waals surface area contributed by atoms with Gasteiger partial charge in [-0.2, -0.15) is 5.10 Å². The Morgan fingerprint density at radius 2 is 2.12 bits per heavy atom. The molecule has 0 atom stereocenters. The van der Waals surface area contributed by atoms with Crippen molar-refractivity contribution in [2.75, 3.05) is 19.7 Å². The number of carbonyl (C=O) groups excluding carboxylic acids is 1. The van der Waals surface area contributed by atoms with Gasteiger partial charge in [0.05, 0.1) is 6.61 Å². The Labute approximate surface area is 144 Å². The Kier molecular flexibility index (Phi) is 4.10. The number of nitrogens with zero attached hydrogens (tertiary/aromatic N) is 4. The number of aromatic nitrogens is 3. The lowest BCUT2D eigenvalue weighted by Crippen LogP contribution is -2.37. The summed E-state index contributed by atoms with van der Waals surface area (Å²) in [6.07, 6.45) is 4.14. The molecule has 0 radical (unpaired) electrons. The molecule has 4 heterocycles. The highest BCUT2D eigenvalue weighted by atomic mass is 32.1. The largest absolute Gasteiger partial charge is 0.450 e. The number of likely N-dealkylation sites (tertiary alicyclic amines) is 1. The van der Waals surface area contributed by atoms with Gasteiger partial charge in [-0.25, -0.2) is 14.5 Å². The molecule has 0 spiro atoms. The quantitative estimate of drug-likeness (QED) is 0.798. The first-order valence-corrected chi connectivity index (χ1v) is 9.24. The first-order chi connectivity index (χ1) is 11.8. The zero-order chi connectivity index (χ0) is 16.5. The van der Waals surface area contributed by atoms with Gasteiger partial charge in [0.1, 0.15) is 6.33 Å². The van der Waals surface area contributed by atoms with Crippen molar-refractivity contribution in [3.63, 3.8) is 0 Å². The molecular formula is C17H20N4O2S. The topological polar surface area (TPSA) is 60.2 Å². The second-order valence-corrected chi connectivity index (χ2v) is 6.91. The van der Waals surface area contributed by atoms with Gasteiger partial charge < -0.3 is 9.64 Å². The van der Waals surface area contributed by atoms with Crippen LogP contribution in [0.4, 0.5) is 4.79 Å². The van der Waals surface area contributed by atoms with Crippen LogP contribution in [0.5, 0.6) is 0 Å². The number of hydrogen-bond acceptors (Lipinski definition) is 5. The van der Waals surface area contributed by atoms with Crippen LogP contribution in [0.25, 0.3) is 5.57 Å². The maximum absolute atomic E-state index is 11.9. The van der Waals surface area contributed by atoms with Gasteiger partial charge in [-0.3, -0.25) is 0 Å². The Bertz CT molecular complexity index is 738. The van der Waals surface area contributed by atoms with E-state index in [1.165, 1.54) is 21.6 Å². The van der Waals surface area contributed by atoms with E-state index in [-0.39, 0.29) is 6.09 Å². The van der Waals surface area contributed by atoms with Gasteiger partial charge in [0.15, 0.2) is 5.82 Å². The lowest BCUT2D eigenvalue weighted by atomic mass is 9.95. The van der Waals surface area contributed by atoms with E-state index in [4.69, 9.17) is 4.74 Å². The van der Waals surface area contributed by atoms with Crippen molar-refractivity contribution in [3.05, 3.63) is 39.6 Å². The third-order valence-corrected chi connectivity index (χ3v) is 5.63. The minimum Gasteiger partial charge on any atom is -0.450 e. The molecule has 0 bridgehead atoms. The Morgan fingerprint density at radius 1 is 1.29 bits per heavy atom. The number of piperidine rings is 1. The van der Waals surface area contributed by atoms with Gasteiger partial charge in [0.25, 0.3) is 0 Å². The SMILES string of the molecule is CCOC(=O)N1CCC(=C2c3sccc3CCn3ncnc32)CC1. The number of amides is 1. The maximum atomic E-state index is 11.9. The van der Waals surface area contributed by atoms with Crippen LogP contribution in [0.15, 0.2) is 23.3 Å². The molecule has 126 valence electrons. The van der Waals surface area contributed by atoms with Crippen LogP contribution in [-0.2, 0) is 17.7 Å². The fraction of sp³-hybridized carbons (Fsp3) is 0.471. The van der Waals surface area contributed by atoms with Gasteiger partial charge in [0.2, 0.25) is 0 Å². The summed E-state index contributed by atoms with van der Waals surface area (Å²) in [4.78, 5) is 19.6. The molecule has 0 N–H and O–H groups in total. The number of fused-ring (bicyclic) bond motifs is 2. The first kappa shape index (κ1) is 15.4. The maximum Gasteiger partial charge on any atom is 0.409 e. The summed E-state index contributed by atoms with van der Waals surface area (Å²) in [6.45, 7) is 4.53. The van der Waals surface area contributed by atoms with E-state index in [9.17, 15) is 4.79 Å². The summed E-state index contributed by atoms with van der Waals surface area (Å²) in [6, 6.07) is 2.21. The third-order valence-electron chi connectivity index (χ3n) is 4.65. The minimum absolute atomic E-state index is 0.206. The van der Waals surface area contributed by atoms with Crippen LogP contribution in [0.1, 0.15) is 36.0 Å². The van der Waals surface area contributed by atoms with Gasteiger partial charge in [-0.05, 0) is 43.2 Å². The molecule has 2 aromatic rings. The zero-order valence-electron chi connectivity index (χ0n) is 13.7. The van der Waals surface area contributed by atoms with Gasteiger partial charge in [-0.1, -0.05) is 5.57 Å². The molecule has 0 aliphatic carbocycles. The van der Waals surface area contributed by atoms with E-state index in [0.717, 1.165) is 31.6 Å². The molecule has 2 aromatic heterocycles. The van der Waals surface area contributed by atoms with E-state index in [2.05, 4.69) is 21.5 Å². The average Bonchev–Trinajstić information content (AvgIpc) is 3.22. The molecule has 6 nitrogen and oxygen atoms in total. The summed E-state index contributed by atoms with van der Waals surface area (Å²) in [7, 11) is 0. The highest BCUT2D eigenvalue weighted by molar-refractivity contribution is 7.11. The van der Waals surface area contributed by atoms with Crippen LogP contribution >= 0.6 is 11.3 Å². The van der Waals surface area contributed by atoms with Crippen molar-refractivity contribution in [2.24, 2.45) is 0 Å². The summed E-state index contributed by atoms with van der Waals surface area (Å²) in [5.41, 5.74) is 3.98. The second kappa shape index (κ2) is 6.39. The van der Waals surface area contributed by atoms with Crippen LogP contribution in [0.2, 0.25) is 0 Å². The molecular weight excluding hydrogens is 324 g/mol. The van der Waals surface area contributed by atoms with E-state index in [1.807, 2.05) is 11.6 Å². The van der Waals surface area contributed by atoms with Gasteiger partial charge >= 0.3 is 6.09 Å². The lowest BCUT2D eigenvalue weighted by Gasteiger charge is -2.28. The molecule has 0 saturated carbocycles. The standard InChI is InChI=1S/C17H20N4O2S/c1-2-23-17(22)20-7-3-12(4-8-20)14-15-13(6-10-24-15)5-9-21-16(14)18-11-19-21/h6,10-11H,2-5,7-9H2,1H3. The number of carbonyl (C=O) groups is 1. The van der Waals surface area contributed by atoms with Gasteiger partial charge in [-0.15, -0.1) is 11.3 Å². The number of ether oxygens (including phenoxy) is 1. The summed E-state index contributed by atoms with van der Waals surface area (Å²) in [5, 5.41) is 6.54. The zero-order valence-corrected chi connectivity index (χ0v) is 14.5. The fourth-order valence-corrected chi connectivity index (χ4v) is 4.49. The fourth-order valence-electron chi connectivity index (χ4n) is 3.44. The molecule has 0 unspecified atom stereocenters. The molecule has 7 heteroatoms. The smallest absolute Gasteiger partial charge is 0.409 e. The van der Waals surface area contributed by atoms with Crippen LogP contribution in [0, 0.1) is 0 Å². The highest BCUT2D eigenvalue weighted by Gasteiger charge is 2.27. The molecule has 2 aliphatic heterocycles. The van der Waals surface area contributed by atoms with Crippen molar-refractivity contribution in [1.82, 2.24) is 19.7 Å². The molecule has 4 rings (SSSR count). The van der Waals surface area contributed by atoms with E-state index in [1.54, 1.807) is 22.6 Å². The average molecular weight is 344 g/mol. The first-order valence-electron chi connectivity index (χ1n) is 8.36. The molecule has 1 saturated heterocycles. The van der Waals surface area contributed by atoms with Crippen molar-refractivity contribution in [1.29, 1.82) is 0 Å². The molecule has 1 amide bonds. The molecule has 1 fully saturated rings. The van der Waals surface area contributed by atoms with E-state index in [0.29, 0.717) is 19.7 Å². The second-order valence-electron chi connectivity index (χ2n) is 6.00. The minimum atomic E-state index is -0.206. The van der Waals surface area contributed by atoms with E-state index >= 15 is 0 Å². The Morgan fingerprint density at radius 3 is 2.92 bits per heavy atom. The third kappa shape index (κ3) is 2.62. The van der Waals surface area contributed by atoms with Gasteiger partial charge in [0, 0.05) is 30.1 Å². The predicted molar refractivity (Wildman–Crippen MR) is 91.9 cm³/mol. The normalized spacial score (nSPS) is 17.3. The van der Waals surface area contributed by atoms with Crippen molar-refractivity contribution in [2.45, 2.75) is 32.7 Å². The van der Waals surface area contributed by atoms with Crippen molar-refractivity contribution < 1.29 is 9.53 Å². The number of thiophene rings is 1. The number of rotatable bonds is 1. The van der Waals surface area contributed by atoms with Crippen molar-refractivity contribution in [3.8, 4) is 0 Å². The number of aryl methyl sites for hydroxylation is 2. The summed E-state index contributed by atoms with van der Waals surface area (Å²) < 4.78 is 7.12. The summed E-state index contributed by atoms with van der Waals surface area (Å²) in [5.74, 6) is 0.968. The van der Waals surface area contributed by atoms with Crippen LogP contribution < -0.4 is 0 Å². The van der Waals surface area contributed by atoms with Crippen LogP contribution in [0.3, 0.4) is 0 Å². The molecule has 2 aliphatic rings. The Hall–Kier alpha value is -2.15. The lowest BCUT2D eigenvalue weighted by molar-refractivity contribution is 0.104. The highest BCUT2D eigenvalue weighted by Crippen LogP contribution is 2.38. The predicted octanol–water partition coefficient (Wildman–Crippen LogP) is 2.95. The number of hydrogen-bond donors (Lipinski definition) is 0. The molecule has 24 heavy (non-hydrogen) atoms. The Balaban J connectivity index is 1.68. The monoisotopic (exact) mass is 344 g/mol. The van der Waals surface area contributed by atoms with Crippen molar-refractivity contribution >= 4 is 23.0 Å². The summed E-state index contributed by atoms with van der Waals surface area (Å²) >= 11 is 1.78. The van der Waals surface area contributed by atoms with E-state index < -0.39 is 0 Å².